The van der Waals surface area contributed by atoms with Crippen LogP contribution in [0.5, 0.6) is 11.5 Å². The van der Waals surface area contributed by atoms with Crippen LogP contribution in [0.2, 0.25) is 0 Å². The molecule has 0 bridgehead atoms. The van der Waals surface area contributed by atoms with Gasteiger partial charge in [0.15, 0.2) is 0 Å². The first kappa shape index (κ1) is 19.8. The number of carbonyl (C=O) groups excluding carboxylic acids is 2. The Morgan fingerprint density at radius 2 is 1.63 bits per heavy atom. The molecule has 156 valence electrons. The third-order valence-corrected chi connectivity index (χ3v) is 5.43. The Labute approximate surface area is 175 Å². The van der Waals surface area contributed by atoms with E-state index in [1.54, 1.807) is 32.4 Å². The summed E-state index contributed by atoms with van der Waals surface area (Å²) in [6, 6.07) is 12.7. The van der Waals surface area contributed by atoms with E-state index in [-0.39, 0.29) is 5.57 Å². The molecule has 2 aromatic rings. The van der Waals surface area contributed by atoms with Crippen LogP contribution in [-0.4, -0.2) is 39.1 Å². The topological polar surface area (TPSA) is 71.1 Å². The fourth-order valence-electron chi connectivity index (χ4n) is 3.87. The van der Waals surface area contributed by atoms with Crippen molar-refractivity contribution in [1.82, 2.24) is 5.43 Å². The number of hydrogen-bond donors (Lipinski definition) is 1. The number of nitrogens with one attached hydrogen (secondary N) is 1. The molecule has 2 aliphatic heterocycles. The molecule has 7 heteroatoms. The molecule has 2 aliphatic rings. The van der Waals surface area contributed by atoms with Gasteiger partial charge in [-0.3, -0.25) is 15.0 Å². The van der Waals surface area contributed by atoms with Crippen LogP contribution in [0.1, 0.15) is 24.8 Å². The molecular formula is C23H25N3O4. The Morgan fingerprint density at radius 3 is 2.30 bits per heavy atom. The second kappa shape index (κ2) is 8.49. The molecule has 2 amide bonds. The van der Waals surface area contributed by atoms with Gasteiger partial charge in [-0.2, -0.15) is 0 Å². The minimum Gasteiger partial charge on any atom is -0.496 e. The van der Waals surface area contributed by atoms with Crippen molar-refractivity contribution in [1.29, 1.82) is 0 Å². The number of carbonyl (C=O) groups is 2. The Bertz CT molecular complexity index is 981. The van der Waals surface area contributed by atoms with Gasteiger partial charge in [0.2, 0.25) is 0 Å². The molecule has 0 radical (unpaired) electrons. The molecule has 4 rings (SSSR count). The minimum atomic E-state index is -0.454. The van der Waals surface area contributed by atoms with Crippen LogP contribution in [0.4, 0.5) is 11.4 Å². The second-order valence-corrected chi connectivity index (χ2v) is 7.29. The third-order valence-electron chi connectivity index (χ3n) is 5.43. The predicted octanol–water partition coefficient (Wildman–Crippen LogP) is 3.16. The van der Waals surface area contributed by atoms with Gasteiger partial charge in [0.25, 0.3) is 11.8 Å². The highest BCUT2D eigenvalue weighted by atomic mass is 16.5. The lowest BCUT2D eigenvalue weighted by molar-refractivity contribution is -0.117. The quantitative estimate of drug-likeness (QED) is 0.609. The summed E-state index contributed by atoms with van der Waals surface area (Å²) in [5.74, 6) is 0.412. The van der Waals surface area contributed by atoms with Gasteiger partial charge in [-0.05, 0) is 43.5 Å². The van der Waals surface area contributed by atoms with Crippen molar-refractivity contribution in [3.63, 3.8) is 0 Å². The number of rotatable bonds is 5. The molecule has 2 saturated heterocycles. The normalized spacial score (nSPS) is 18.0. The molecule has 0 spiro atoms. The van der Waals surface area contributed by atoms with Gasteiger partial charge >= 0.3 is 0 Å². The van der Waals surface area contributed by atoms with E-state index in [1.165, 1.54) is 11.4 Å². The molecule has 2 fully saturated rings. The summed E-state index contributed by atoms with van der Waals surface area (Å²) in [6.45, 7) is 1.93. The van der Waals surface area contributed by atoms with E-state index in [4.69, 9.17) is 9.47 Å². The summed E-state index contributed by atoms with van der Waals surface area (Å²) in [4.78, 5) is 27.7. The summed E-state index contributed by atoms with van der Waals surface area (Å²) in [5, 5.41) is 1.25. The van der Waals surface area contributed by atoms with Gasteiger partial charge in [-0.1, -0.05) is 18.2 Å². The van der Waals surface area contributed by atoms with Crippen molar-refractivity contribution in [3.8, 4) is 11.5 Å². The average molecular weight is 407 g/mol. The fraction of sp³-hybridized carbons (Fsp3) is 0.304. The van der Waals surface area contributed by atoms with Crippen LogP contribution < -0.4 is 24.8 Å². The van der Waals surface area contributed by atoms with E-state index in [0.717, 1.165) is 31.6 Å². The van der Waals surface area contributed by atoms with Gasteiger partial charge in [0.05, 0.1) is 25.6 Å². The van der Waals surface area contributed by atoms with Crippen molar-refractivity contribution in [2.24, 2.45) is 0 Å². The summed E-state index contributed by atoms with van der Waals surface area (Å²) in [6.07, 6.45) is 5.07. The first-order valence-electron chi connectivity index (χ1n) is 10.1. The number of piperidine rings is 1. The Balaban J connectivity index is 1.70. The maximum atomic E-state index is 12.9. The number of methoxy groups -OCH3 is 2. The predicted molar refractivity (Wildman–Crippen MR) is 116 cm³/mol. The van der Waals surface area contributed by atoms with E-state index in [2.05, 4.69) is 10.3 Å². The van der Waals surface area contributed by atoms with Crippen LogP contribution in [0, 0.1) is 0 Å². The van der Waals surface area contributed by atoms with Gasteiger partial charge in [0, 0.05) is 24.7 Å². The number of para-hydroxylation sites is 1. The Morgan fingerprint density at radius 1 is 0.933 bits per heavy atom. The Hall–Kier alpha value is -3.48. The van der Waals surface area contributed by atoms with Crippen LogP contribution in [0.3, 0.4) is 0 Å². The molecule has 0 unspecified atom stereocenters. The minimum absolute atomic E-state index is 0.0462. The van der Waals surface area contributed by atoms with Crippen molar-refractivity contribution >= 4 is 29.3 Å². The molecule has 0 aliphatic carbocycles. The summed E-state index contributed by atoms with van der Waals surface area (Å²) in [5.41, 5.74) is 4.84. The van der Waals surface area contributed by atoms with Crippen LogP contribution in [0.15, 0.2) is 48.0 Å². The smallest absolute Gasteiger partial charge is 0.282 e. The SMILES string of the molecule is COc1cc(N2CCCCC2)c(OC)cc1C=C1C(=O)NN(c2ccccc2)C1=O. The van der Waals surface area contributed by atoms with E-state index in [0.29, 0.717) is 22.7 Å². The van der Waals surface area contributed by atoms with Gasteiger partial charge in [-0.15, -0.1) is 0 Å². The largest absolute Gasteiger partial charge is 0.496 e. The van der Waals surface area contributed by atoms with E-state index < -0.39 is 11.8 Å². The maximum Gasteiger partial charge on any atom is 0.282 e. The summed E-state index contributed by atoms with van der Waals surface area (Å²) >= 11 is 0. The average Bonchev–Trinajstić information content (AvgIpc) is 3.08. The maximum absolute atomic E-state index is 12.9. The highest BCUT2D eigenvalue weighted by Gasteiger charge is 2.34. The number of nitrogens with zero attached hydrogens (tertiary/aromatic N) is 2. The summed E-state index contributed by atoms with van der Waals surface area (Å²) < 4.78 is 11.2. The van der Waals surface area contributed by atoms with Crippen molar-refractivity contribution < 1.29 is 19.1 Å². The lowest BCUT2D eigenvalue weighted by atomic mass is 10.1. The lowest BCUT2D eigenvalue weighted by Gasteiger charge is -2.30. The van der Waals surface area contributed by atoms with Gasteiger partial charge in [-0.25, -0.2) is 5.01 Å². The zero-order valence-electron chi connectivity index (χ0n) is 17.2. The standard InChI is InChI=1S/C23H25N3O4/c1-29-20-15-19(25-11-7-4-8-12-25)21(30-2)14-16(20)13-18-22(27)24-26(23(18)28)17-9-5-3-6-10-17/h3,5-6,9-10,13-15H,4,7-8,11-12H2,1-2H3,(H,24,27). The van der Waals surface area contributed by atoms with E-state index in [1.807, 2.05) is 30.3 Å². The third kappa shape index (κ3) is 3.70. The molecule has 0 atom stereocenters. The number of anilines is 2. The number of ether oxygens (including phenoxy) is 2. The summed E-state index contributed by atoms with van der Waals surface area (Å²) in [7, 11) is 3.20. The van der Waals surface area contributed by atoms with Crippen LogP contribution in [0.25, 0.3) is 6.08 Å². The fourth-order valence-corrected chi connectivity index (χ4v) is 3.87. The number of hydrogen-bond acceptors (Lipinski definition) is 5. The monoisotopic (exact) mass is 407 g/mol. The molecule has 30 heavy (non-hydrogen) atoms. The lowest BCUT2D eigenvalue weighted by Crippen LogP contribution is -2.35. The second-order valence-electron chi connectivity index (χ2n) is 7.29. The van der Waals surface area contributed by atoms with E-state index >= 15 is 0 Å². The molecule has 2 heterocycles. The van der Waals surface area contributed by atoms with Crippen molar-refractivity contribution in [2.45, 2.75) is 19.3 Å². The van der Waals surface area contributed by atoms with Crippen LogP contribution in [-0.2, 0) is 9.59 Å². The molecular weight excluding hydrogens is 382 g/mol. The zero-order valence-corrected chi connectivity index (χ0v) is 17.2. The van der Waals surface area contributed by atoms with E-state index in [9.17, 15) is 9.59 Å². The molecule has 1 N–H and O–H groups in total. The van der Waals surface area contributed by atoms with Crippen LogP contribution >= 0.6 is 0 Å². The first-order valence-corrected chi connectivity index (χ1v) is 10.1. The zero-order chi connectivity index (χ0) is 21.1. The molecule has 0 saturated carbocycles. The number of amides is 2. The number of benzene rings is 2. The molecule has 2 aromatic carbocycles. The first-order chi connectivity index (χ1) is 14.6. The van der Waals surface area contributed by atoms with Crippen molar-refractivity contribution in [3.05, 3.63) is 53.6 Å². The van der Waals surface area contributed by atoms with Gasteiger partial charge < -0.3 is 14.4 Å². The Kier molecular flexibility index (Phi) is 5.61. The molecule has 0 aromatic heterocycles. The number of hydrazine groups is 1. The highest BCUT2D eigenvalue weighted by Crippen LogP contribution is 2.38. The molecule has 7 nitrogen and oxygen atoms in total. The van der Waals surface area contributed by atoms with Gasteiger partial charge in [0.1, 0.15) is 17.1 Å². The highest BCUT2D eigenvalue weighted by molar-refractivity contribution is 6.31. The van der Waals surface area contributed by atoms with Crippen molar-refractivity contribution in [2.75, 3.05) is 37.2 Å².